The van der Waals surface area contributed by atoms with Gasteiger partial charge in [-0.05, 0) is 18.1 Å². The van der Waals surface area contributed by atoms with Gasteiger partial charge in [0.05, 0.1) is 5.88 Å². The fraction of sp³-hybridized carbons (Fsp3) is 0.353. The Labute approximate surface area is 130 Å². The molecule has 1 unspecified atom stereocenters. The van der Waals surface area contributed by atoms with Crippen LogP contribution in [-0.2, 0) is 12.4 Å². The lowest BCUT2D eigenvalue weighted by atomic mass is 10.2. The van der Waals surface area contributed by atoms with Gasteiger partial charge in [0.2, 0.25) is 5.88 Å². The molecule has 3 nitrogen and oxygen atoms in total. The number of aromatic nitrogens is 1. The lowest BCUT2D eigenvalue weighted by Crippen LogP contribution is -2.25. The van der Waals surface area contributed by atoms with E-state index >= 15 is 0 Å². The summed E-state index contributed by atoms with van der Waals surface area (Å²) in [5.41, 5.74) is 2.30. The van der Waals surface area contributed by atoms with Gasteiger partial charge in [-0.25, -0.2) is 4.98 Å². The van der Waals surface area contributed by atoms with E-state index in [4.69, 9.17) is 16.3 Å². The zero-order valence-electron chi connectivity index (χ0n) is 11.9. The number of hydrogen-bond acceptors (Lipinski definition) is 3. The topological polar surface area (TPSA) is 25.4 Å². The SMILES string of the molecule is ClCc1cccnc1OC1CCN(Cc2ccccc2)C1. The van der Waals surface area contributed by atoms with Gasteiger partial charge in [0, 0.05) is 31.4 Å². The van der Waals surface area contributed by atoms with Gasteiger partial charge in [0.15, 0.2) is 0 Å². The lowest BCUT2D eigenvalue weighted by Gasteiger charge is -2.17. The summed E-state index contributed by atoms with van der Waals surface area (Å²) in [6, 6.07) is 14.4. The van der Waals surface area contributed by atoms with E-state index in [-0.39, 0.29) is 6.10 Å². The molecule has 1 atom stereocenters. The molecule has 0 saturated carbocycles. The molecule has 21 heavy (non-hydrogen) atoms. The van der Waals surface area contributed by atoms with Crippen LogP contribution in [0.3, 0.4) is 0 Å². The fourth-order valence-corrected chi connectivity index (χ4v) is 2.87. The van der Waals surface area contributed by atoms with E-state index in [1.807, 2.05) is 18.2 Å². The number of nitrogens with zero attached hydrogens (tertiary/aromatic N) is 2. The molecule has 1 aromatic heterocycles. The van der Waals surface area contributed by atoms with Crippen LogP contribution >= 0.6 is 11.6 Å². The van der Waals surface area contributed by atoms with Crippen LogP contribution in [0.2, 0.25) is 0 Å². The maximum absolute atomic E-state index is 6.03. The minimum atomic E-state index is 0.200. The Morgan fingerprint density at radius 1 is 1.19 bits per heavy atom. The largest absolute Gasteiger partial charge is 0.473 e. The van der Waals surface area contributed by atoms with Crippen molar-refractivity contribution >= 4 is 11.6 Å². The highest BCUT2D eigenvalue weighted by atomic mass is 35.5. The molecule has 3 rings (SSSR count). The molecule has 0 radical (unpaired) electrons. The fourth-order valence-electron chi connectivity index (χ4n) is 2.67. The molecule has 2 heterocycles. The smallest absolute Gasteiger partial charge is 0.218 e. The predicted molar refractivity (Wildman–Crippen MR) is 84.5 cm³/mol. The van der Waals surface area contributed by atoms with E-state index < -0.39 is 0 Å². The maximum atomic E-state index is 6.03. The summed E-state index contributed by atoms with van der Waals surface area (Å²) in [6.45, 7) is 2.97. The number of rotatable bonds is 5. The number of likely N-dealkylation sites (tertiary alicyclic amines) is 1. The van der Waals surface area contributed by atoms with Crippen molar-refractivity contribution in [2.75, 3.05) is 13.1 Å². The van der Waals surface area contributed by atoms with Crippen LogP contribution in [-0.4, -0.2) is 29.1 Å². The highest BCUT2D eigenvalue weighted by molar-refractivity contribution is 6.17. The summed E-state index contributed by atoms with van der Waals surface area (Å²) in [7, 11) is 0. The summed E-state index contributed by atoms with van der Waals surface area (Å²) < 4.78 is 6.03. The molecule has 110 valence electrons. The molecule has 0 bridgehead atoms. The van der Waals surface area contributed by atoms with Crippen molar-refractivity contribution in [2.45, 2.75) is 24.9 Å². The Hall–Kier alpha value is -1.58. The summed E-state index contributed by atoms with van der Waals surface area (Å²) in [4.78, 5) is 6.72. The zero-order valence-corrected chi connectivity index (χ0v) is 12.7. The Bertz CT molecular complexity index is 576. The van der Waals surface area contributed by atoms with Gasteiger partial charge in [-0.3, -0.25) is 4.90 Å². The van der Waals surface area contributed by atoms with E-state index in [2.05, 4.69) is 34.1 Å². The van der Waals surface area contributed by atoms with E-state index in [0.717, 1.165) is 31.6 Å². The minimum absolute atomic E-state index is 0.200. The Balaban J connectivity index is 1.57. The number of pyridine rings is 1. The Morgan fingerprint density at radius 2 is 2.05 bits per heavy atom. The van der Waals surface area contributed by atoms with Gasteiger partial charge >= 0.3 is 0 Å². The molecule has 0 amide bonds. The molecule has 1 fully saturated rings. The van der Waals surface area contributed by atoms with Gasteiger partial charge in [-0.1, -0.05) is 36.4 Å². The third kappa shape index (κ3) is 3.74. The second-order valence-corrected chi connectivity index (χ2v) is 5.62. The number of hydrogen-bond donors (Lipinski definition) is 0. The van der Waals surface area contributed by atoms with Crippen LogP contribution in [0.15, 0.2) is 48.7 Å². The molecule has 0 aliphatic carbocycles. The average Bonchev–Trinajstić information content (AvgIpc) is 2.96. The van der Waals surface area contributed by atoms with Crippen molar-refractivity contribution in [3.8, 4) is 5.88 Å². The second kappa shape index (κ2) is 6.92. The summed E-state index contributed by atoms with van der Waals surface area (Å²) in [6.07, 6.45) is 2.98. The molecule has 1 aliphatic rings. The second-order valence-electron chi connectivity index (χ2n) is 5.35. The molecule has 4 heteroatoms. The van der Waals surface area contributed by atoms with Crippen molar-refractivity contribution in [3.63, 3.8) is 0 Å². The quantitative estimate of drug-likeness (QED) is 0.791. The van der Waals surface area contributed by atoms with Crippen molar-refractivity contribution in [2.24, 2.45) is 0 Å². The highest BCUT2D eigenvalue weighted by Gasteiger charge is 2.24. The summed E-state index contributed by atoms with van der Waals surface area (Å²) in [5, 5.41) is 0. The molecule has 1 aromatic carbocycles. The van der Waals surface area contributed by atoms with Crippen molar-refractivity contribution in [1.29, 1.82) is 0 Å². The molecule has 1 aliphatic heterocycles. The number of alkyl halides is 1. The standard InChI is InChI=1S/C17H19ClN2O/c18-11-15-7-4-9-19-17(15)21-16-8-10-20(13-16)12-14-5-2-1-3-6-14/h1-7,9,16H,8,10-13H2. The molecule has 0 spiro atoms. The highest BCUT2D eigenvalue weighted by Crippen LogP contribution is 2.22. The lowest BCUT2D eigenvalue weighted by molar-refractivity contribution is 0.190. The molecular formula is C17H19ClN2O. The van der Waals surface area contributed by atoms with Gasteiger partial charge in [0.25, 0.3) is 0 Å². The van der Waals surface area contributed by atoms with Gasteiger partial charge in [-0.2, -0.15) is 0 Å². The van der Waals surface area contributed by atoms with Crippen LogP contribution in [0.1, 0.15) is 17.5 Å². The molecule has 2 aromatic rings. The van der Waals surface area contributed by atoms with Crippen LogP contribution < -0.4 is 4.74 Å². The number of halogens is 1. The number of benzene rings is 1. The first-order valence-electron chi connectivity index (χ1n) is 7.28. The first kappa shape index (κ1) is 14.4. The van der Waals surface area contributed by atoms with Gasteiger partial charge in [0.1, 0.15) is 6.10 Å². The van der Waals surface area contributed by atoms with Crippen LogP contribution in [0.4, 0.5) is 0 Å². The van der Waals surface area contributed by atoms with E-state index in [0.29, 0.717) is 11.8 Å². The number of ether oxygens (including phenoxy) is 1. The van der Waals surface area contributed by atoms with Crippen molar-refractivity contribution in [1.82, 2.24) is 9.88 Å². The first-order chi connectivity index (χ1) is 10.3. The third-order valence-electron chi connectivity index (χ3n) is 3.75. The third-order valence-corrected chi connectivity index (χ3v) is 4.04. The first-order valence-corrected chi connectivity index (χ1v) is 7.81. The van der Waals surface area contributed by atoms with Crippen molar-refractivity contribution < 1.29 is 4.74 Å². The van der Waals surface area contributed by atoms with Crippen molar-refractivity contribution in [3.05, 3.63) is 59.8 Å². The Morgan fingerprint density at radius 3 is 2.86 bits per heavy atom. The van der Waals surface area contributed by atoms with Gasteiger partial charge in [-0.15, -0.1) is 11.6 Å². The molecule has 1 saturated heterocycles. The van der Waals surface area contributed by atoms with Crippen LogP contribution in [0, 0.1) is 0 Å². The minimum Gasteiger partial charge on any atom is -0.473 e. The maximum Gasteiger partial charge on any atom is 0.218 e. The Kier molecular flexibility index (Phi) is 4.73. The van der Waals surface area contributed by atoms with Crippen LogP contribution in [0.25, 0.3) is 0 Å². The zero-order chi connectivity index (χ0) is 14.5. The molecule has 0 N–H and O–H groups in total. The van der Waals surface area contributed by atoms with E-state index in [1.54, 1.807) is 6.20 Å². The predicted octanol–water partition coefficient (Wildman–Crippen LogP) is 3.47. The van der Waals surface area contributed by atoms with Gasteiger partial charge < -0.3 is 4.74 Å². The normalized spacial score (nSPS) is 18.8. The summed E-state index contributed by atoms with van der Waals surface area (Å²) in [5.74, 6) is 1.11. The summed E-state index contributed by atoms with van der Waals surface area (Å²) >= 11 is 5.92. The van der Waals surface area contributed by atoms with E-state index in [9.17, 15) is 0 Å². The molecular weight excluding hydrogens is 284 g/mol. The van der Waals surface area contributed by atoms with E-state index in [1.165, 1.54) is 5.56 Å². The van der Waals surface area contributed by atoms with Crippen LogP contribution in [0.5, 0.6) is 5.88 Å². The monoisotopic (exact) mass is 302 g/mol. The average molecular weight is 303 g/mol.